The topological polar surface area (TPSA) is 84.2 Å². The van der Waals surface area contributed by atoms with E-state index in [1.165, 1.54) is 38.3 Å². The third-order valence-electron chi connectivity index (χ3n) is 5.93. The van der Waals surface area contributed by atoms with Crippen LogP contribution >= 0.6 is 0 Å². The van der Waals surface area contributed by atoms with Crippen LogP contribution in [0.4, 0.5) is 5.69 Å². The van der Waals surface area contributed by atoms with Gasteiger partial charge in [-0.15, -0.1) is 0 Å². The van der Waals surface area contributed by atoms with Gasteiger partial charge in [0.1, 0.15) is 4.90 Å². The van der Waals surface area contributed by atoms with Gasteiger partial charge in [0.05, 0.1) is 23.9 Å². The van der Waals surface area contributed by atoms with Gasteiger partial charge in [-0.25, -0.2) is 8.42 Å². The number of anilines is 1. The third kappa shape index (κ3) is 5.54. The van der Waals surface area contributed by atoms with E-state index in [0.717, 1.165) is 17.0 Å². The van der Waals surface area contributed by atoms with Crippen LogP contribution in [0.25, 0.3) is 11.3 Å². The smallest absolute Gasteiger partial charge is 0.263 e. The summed E-state index contributed by atoms with van der Waals surface area (Å²) < 4.78 is 33.6. The number of para-hydroxylation sites is 1. The minimum absolute atomic E-state index is 0.122. The van der Waals surface area contributed by atoms with Crippen LogP contribution in [0.2, 0.25) is 0 Å². The summed E-state index contributed by atoms with van der Waals surface area (Å²) in [4.78, 5) is 4.39. The van der Waals surface area contributed by atoms with Crippen molar-refractivity contribution in [1.29, 1.82) is 0 Å². The molecule has 2 heterocycles. The fraction of sp³-hybridized carbons (Fsp3) is 0.375. The molecule has 0 unspecified atom stereocenters. The van der Waals surface area contributed by atoms with Crippen molar-refractivity contribution in [2.75, 3.05) is 4.72 Å². The average molecular weight is 440 g/mol. The molecule has 164 valence electrons. The minimum atomic E-state index is -3.74. The van der Waals surface area contributed by atoms with E-state index < -0.39 is 10.0 Å². The van der Waals surface area contributed by atoms with E-state index in [4.69, 9.17) is 4.42 Å². The average Bonchev–Trinajstić information content (AvgIpc) is 3.47. The van der Waals surface area contributed by atoms with Gasteiger partial charge in [-0.2, -0.15) is 0 Å². The molecule has 2 aromatic heterocycles. The largest absolute Gasteiger partial charge is 0.472 e. The van der Waals surface area contributed by atoms with Crippen LogP contribution in [-0.2, 0) is 16.6 Å². The van der Waals surface area contributed by atoms with Gasteiger partial charge in [0.15, 0.2) is 0 Å². The number of benzene rings is 1. The fourth-order valence-electron chi connectivity index (χ4n) is 4.21. The molecule has 0 bridgehead atoms. The number of nitrogens with zero attached hydrogens (tertiary/aromatic N) is 1. The Morgan fingerprint density at radius 3 is 2.65 bits per heavy atom. The summed E-state index contributed by atoms with van der Waals surface area (Å²) in [5.74, 6) is 0.814. The Labute approximate surface area is 184 Å². The molecule has 6 nitrogen and oxygen atoms in total. The molecule has 0 aliphatic heterocycles. The number of nitrogens with one attached hydrogen (secondary N) is 2. The maximum Gasteiger partial charge on any atom is 0.263 e. The van der Waals surface area contributed by atoms with Crippen LogP contribution in [0.1, 0.15) is 44.6 Å². The minimum Gasteiger partial charge on any atom is -0.472 e. The maximum absolute atomic E-state index is 12.9. The molecule has 3 aromatic rings. The molecule has 4 rings (SSSR count). The Balaban J connectivity index is 1.42. The number of rotatable bonds is 9. The highest BCUT2D eigenvalue weighted by atomic mass is 32.2. The lowest BCUT2D eigenvalue weighted by molar-refractivity contribution is 0.404. The molecule has 0 amide bonds. The summed E-state index contributed by atoms with van der Waals surface area (Å²) in [6, 6.07) is 12.9. The molecule has 1 aromatic carbocycles. The normalized spacial score (nSPS) is 15.8. The number of hydrogen-bond acceptors (Lipinski definition) is 5. The molecule has 1 aliphatic rings. The molecule has 2 N–H and O–H groups in total. The van der Waals surface area contributed by atoms with E-state index >= 15 is 0 Å². The van der Waals surface area contributed by atoms with Gasteiger partial charge >= 0.3 is 0 Å². The number of aromatic nitrogens is 1. The molecule has 1 saturated carbocycles. The van der Waals surface area contributed by atoms with Crippen LogP contribution in [0.15, 0.2) is 70.5 Å². The Bertz CT molecular complexity index is 1070. The number of furan rings is 1. The molecular formula is C24H29N3O3S. The quantitative estimate of drug-likeness (QED) is 0.479. The van der Waals surface area contributed by atoms with Crippen LogP contribution in [0, 0.1) is 5.92 Å². The van der Waals surface area contributed by atoms with Gasteiger partial charge in [-0.1, -0.05) is 43.9 Å². The number of pyridine rings is 1. The van der Waals surface area contributed by atoms with Crippen molar-refractivity contribution in [3.8, 4) is 11.3 Å². The first-order valence-electron chi connectivity index (χ1n) is 10.8. The number of hydrogen-bond donors (Lipinski definition) is 2. The van der Waals surface area contributed by atoms with Gasteiger partial charge in [0, 0.05) is 24.3 Å². The predicted molar refractivity (Wildman–Crippen MR) is 122 cm³/mol. The zero-order chi connectivity index (χ0) is 21.7. The van der Waals surface area contributed by atoms with Crippen molar-refractivity contribution in [3.05, 3.63) is 66.8 Å². The predicted octanol–water partition coefficient (Wildman–Crippen LogP) is 5.20. The molecule has 0 radical (unpaired) electrons. The summed E-state index contributed by atoms with van der Waals surface area (Å²) in [5, 5.41) is 3.56. The Kier molecular flexibility index (Phi) is 6.73. The summed E-state index contributed by atoms with van der Waals surface area (Å²) in [7, 11) is -3.74. The van der Waals surface area contributed by atoms with Crippen molar-refractivity contribution >= 4 is 15.7 Å². The summed E-state index contributed by atoms with van der Waals surface area (Å²) in [6.45, 7) is 2.82. The molecule has 1 fully saturated rings. The van der Waals surface area contributed by atoms with Crippen molar-refractivity contribution < 1.29 is 12.8 Å². The lowest BCUT2D eigenvalue weighted by Crippen LogP contribution is -2.28. The van der Waals surface area contributed by atoms with Crippen LogP contribution in [-0.4, -0.2) is 19.4 Å². The summed E-state index contributed by atoms with van der Waals surface area (Å²) >= 11 is 0. The van der Waals surface area contributed by atoms with E-state index in [1.54, 1.807) is 36.8 Å². The monoisotopic (exact) mass is 439 g/mol. The molecule has 0 spiro atoms. The standard InChI is InChI=1S/C24H29N3O3S/c1-18(14-19-6-2-3-7-19)25-15-20-8-4-5-9-24(20)27-31(28,29)22-10-11-23(26-16-22)21-12-13-30-17-21/h4-5,8-13,16-19,25,27H,2-3,6-7,14-15H2,1H3/t18-/m0/s1. The van der Waals surface area contributed by atoms with Crippen molar-refractivity contribution in [3.63, 3.8) is 0 Å². The second-order valence-electron chi connectivity index (χ2n) is 8.32. The Hall–Kier alpha value is -2.64. The van der Waals surface area contributed by atoms with Gasteiger partial charge in [0.2, 0.25) is 0 Å². The van der Waals surface area contributed by atoms with Gasteiger partial charge < -0.3 is 9.73 Å². The SMILES string of the molecule is C[C@@H](CC1CCCC1)NCc1ccccc1NS(=O)(=O)c1ccc(-c2ccoc2)nc1. The highest BCUT2D eigenvalue weighted by molar-refractivity contribution is 7.92. The highest BCUT2D eigenvalue weighted by Gasteiger charge is 2.19. The lowest BCUT2D eigenvalue weighted by Gasteiger charge is -2.19. The highest BCUT2D eigenvalue weighted by Crippen LogP contribution is 2.29. The van der Waals surface area contributed by atoms with Gasteiger partial charge in [-0.05, 0) is 49.1 Å². The van der Waals surface area contributed by atoms with E-state index in [0.29, 0.717) is 24.0 Å². The van der Waals surface area contributed by atoms with Crippen molar-refractivity contribution in [1.82, 2.24) is 10.3 Å². The van der Waals surface area contributed by atoms with Gasteiger partial charge in [-0.3, -0.25) is 9.71 Å². The molecular weight excluding hydrogens is 410 g/mol. The zero-order valence-electron chi connectivity index (χ0n) is 17.8. The van der Waals surface area contributed by atoms with E-state index in [2.05, 4.69) is 21.9 Å². The van der Waals surface area contributed by atoms with Crippen LogP contribution in [0.5, 0.6) is 0 Å². The Morgan fingerprint density at radius 1 is 1.13 bits per heavy atom. The van der Waals surface area contributed by atoms with E-state index in [9.17, 15) is 8.42 Å². The van der Waals surface area contributed by atoms with Crippen molar-refractivity contribution in [2.45, 2.75) is 56.5 Å². The summed E-state index contributed by atoms with van der Waals surface area (Å²) in [6.07, 6.45) is 11.0. The summed E-state index contributed by atoms with van der Waals surface area (Å²) in [5.41, 5.74) is 2.97. The molecule has 0 saturated heterocycles. The first-order valence-corrected chi connectivity index (χ1v) is 12.3. The van der Waals surface area contributed by atoms with E-state index in [-0.39, 0.29) is 4.90 Å². The lowest BCUT2D eigenvalue weighted by atomic mass is 9.99. The second-order valence-corrected chi connectivity index (χ2v) is 10.0. The Morgan fingerprint density at radius 2 is 1.94 bits per heavy atom. The first-order chi connectivity index (χ1) is 15.0. The molecule has 7 heteroatoms. The fourth-order valence-corrected chi connectivity index (χ4v) is 5.26. The van der Waals surface area contributed by atoms with Crippen LogP contribution in [0.3, 0.4) is 0 Å². The second kappa shape index (κ2) is 9.66. The molecule has 1 aliphatic carbocycles. The number of sulfonamides is 1. The van der Waals surface area contributed by atoms with Crippen molar-refractivity contribution in [2.24, 2.45) is 5.92 Å². The maximum atomic E-state index is 12.9. The zero-order valence-corrected chi connectivity index (χ0v) is 18.6. The van der Waals surface area contributed by atoms with E-state index in [1.807, 2.05) is 18.2 Å². The molecule has 31 heavy (non-hydrogen) atoms. The third-order valence-corrected chi connectivity index (χ3v) is 7.28. The van der Waals surface area contributed by atoms with Crippen LogP contribution < -0.4 is 10.0 Å². The molecule has 1 atom stereocenters. The van der Waals surface area contributed by atoms with Gasteiger partial charge in [0.25, 0.3) is 10.0 Å². The first kappa shape index (κ1) is 21.6.